The standard InChI is InChI=1S/C21H24O4/c1-21(2,3)17-7-11-19(12-8-17)25-15-14-24-18-9-4-16(5-10-18)6-13-20(22)23/h4-13H,14-15H2,1-3H3,(H,22,23). The maximum atomic E-state index is 10.5. The van der Waals surface area contributed by atoms with Gasteiger partial charge in [-0.3, -0.25) is 0 Å². The second-order valence-electron chi connectivity index (χ2n) is 6.71. The van der Waals surface area contributed by atoms with Crippen LogP contribution in [0.2, 0.25) is 0 Å². The van der Waals surface area contributed by atoms with Gasteiger partial charge in [0.25, 0.3) is 0 Å². The highest BCUT2D eigenvalue weighted by Gasteiger charge is 2.12. The van der Waals surface area contributed by atoms with Crippen LogP contribution in [0.1, 0.15) is 31.9 Å². The van der Waals surface area contributed by atoms with Crippen LogP contribution >= 0.6 is 0 Å². The molecule has 132 valence electrons. The van der Waals surface area contributed by atoms with Gasteiger partial charge < -0.3 is 14.6 Å². The van der Waals surface area contributed by atoms with E-state index in [9.17, 15) is 4.79 Å². The van der Waals surface area contributed by atoms with Gasteiger partial charge in [-0.15, -0.1) is 0 Å². The molecule has 0 fully saturated rings. The van der Waals surface area contributed by atoms with E-state index in [1.54, 1.807) is 24.3 Å². The number of hydrogen-bond donors (Lipinski definition) is 1. The van der Waals surface area contributed by atoms with Gasteiger partial charge in [0.2, 0.25) is 0 Å². The molecule has 2 rings (SSSR count). The SMILES string of the molecule is CC(C)(C)c1ccc(OCCOc2ccc(C=CC(=O)O)cc2)cc1. The van der Waals surface area contributed by atoms with Crippen molar-refractivity contribution >= 4 is 12.0 Å². The Balaban J connectivity index is 1.76. The van der Waals surface area contributed by atoms with E-state index >= 15 is 0 Å². The third-order valence-corrected chi connectivity index (χ3v) is 3.64. The summed E-state index contributed by atoms with van der Waals surface area (Å²) < 4.78 is 11.3. The number of carbonyl (C=O) groups is 1. The fourth-order valence-corrected chi connectivity index (χ4v) is 2.21. The van der Waals surface area contributed by atoms with Gasteiger partial charge in [0, 0.05) is 6.08 Å². The third-order valence-electron chi connectivity index (χ3n) is 3.64. The van der Waals surface area contributed by atoms with Crippen LogP contribution in [-0.2, 0) is 10.2 Å². The Morgan fingerprint density at radius 2 is 1.40 bits per heavy atom. The highest BCUT2D eigenvalue weighted by Crippen LogP contribution is 2.24. The molecule has 0 amide bonds. The molecule has 0 radical (unpaired) electrons. The molecule has 2 aromatic carbocycles. The summed E-state index contributed by atoms with van der Waals surface area (Å²) in [6.07, 6.45) is 2.64. The van der Waals surface area contributed by atoms with Crippen LogP contribution in [0.3, 0.4) is 0 Å². The van der Waals surface area contributed by atoms with Crippen LogP contribution in [0, 0.1) is 0 Å². The van der Waals surface area contributed by atoms with Gasteiger partial charge in [0.05, 0.1) is 0 Å². The molecule has 0 saturated carbocycles. The summed E-state index contributed by atoms with van der Waals surface area (Å²) in [7, 11) is 0. The fourth-order valence-electron chi connectivity index (χ4n) is 2.21. The van der Waals surface area contributed by atoms with Crippen molar-refractivity contribution in [2.45, 2.75) is 26.2 Å². The molecule has 0 unspecified atom stereocenters. The van der Waals surface area contributed by atoms with Gasteiger partial charge >= 0.3 is 5.97 Å². The highest BCUT2D eigenvalue weighted by atomic mass is 16.5. The molecule has 25 heavy (non-hydrogen) atoms. The predicted molar refractivity (Wildman–Crippen MR) is 99.2 cm³/mol. The Kier molecular flexibility index (Phi) is 6.23. The quantitative estimate of drug-likeness (QED) is 0.594. The first-order valence-electron chi connectivity index (χ1n) is 8.22. The Bertz CT molecular complexity index is 707. The average molecular weight is 340 g/mol. The van der Waals surface area contributed by atoms with Crippen LogP contribution in [0.5, 0.6) is 11.5 Å². The smallest absolute Gasteiger partial charge is 0.328 e. The predicted octanol–water partition coefficient (Wildman–Crippen LogP) is 4.54. The van der Waals surface area contributed by atoms with Crippen molar-refractivity contribution in [3.05, 3.63) is 65.7 Å². The van der Waals surface area contributed by atoms with Gasteiger partial charge in [-0.2, -0.15) is 0 Å². The topological polar surface area (TPSA) is 55.8 Å². The first-order valence-corrected chi connectivity index (χ1v) is 8.22. The molecular weight excluding hydrogens is 316 g/mol. The summed E-state index contributed by atoms with van der Waals surface area (Å²) in [6, 6.07) is 15.3. The summed E-state index contributed by atoms with van der Waals surface area (Å²) in [6.45, 7) is 7.43. The largest absolute Gasteiger partial charge is 0.490 e. The highest BCUT2D eigenvalue weighted by molar-refractivity contribution is 5.85. The molecule has 0 aliphatic heterocycles. The van der Waals surface area contributed by atoms with E-state index in [2.05, 4.69) is 32.9 Å². The summed E-state index contributed by atoms with van der Waals surface area (Å²) in [5.74, 6) is 0.581. The number of carboxylic acids is 1. The van der Waals surface area contributed by atoms with Crippen LogP contribution in [0.25, 0.3) is 6.08 Å². The lowest BCUT2D eigenvalue weighted by molar-refractivity contribution is -0.131. The zero-order valence-corrected chi connectivity index (χ0v) is 14.9. The number of aliphatic carboxylic acids is 1. The summed E-state index contributed by atoms with van der Waals surface area (Å²) in [5.41, 5.74) is 2.21. The lowest BCUT2D eigenvalue weighted by atomic mass is 9.87. The molecule has 1 N–H and O–H groups in total. The van der Waals surface area contributed by atoms with Gasteiger partial charge in [0.1, 0.15) is 24.7 Å². The first kappa shape index (κ1) is 18.6. The number of ether oxygens (including phenoxy) is 2. The van der Waals surface area contributed by atoms with Crippen LogP contribution < -0.4 is 9.47 Å². The van der Waals surface area contributed by atoms with Crippen molar-refractivity contribution in [2.75, 3.05) is 13.2 Å². The summed E-state index contributed by atoms with van der Waals surface area (Å²) in [5, 5.41) is 8.60. The summed E-state index contributed by atoms with van der Waals surface area (Å²) >= 11 is 0. The van der Waals surface area contributed by atoms with E-state index in [0.717, 1.165) is 23.1 Å². The molecular formula is C21H24O4. The number of hydrogen-bond acceptors (Lipinski definition) is 3. The Morgan fingerprint density at radius 1 is 0.920 bits per heavy atom. The van der Waals surface area contributed by atoms with Gasteiger partial charge in [-0.25, -0.2) is 4.79 Å². The second-order valence-corrected chi connectivity index (χ2v) is 6.71. The van der Waals surface area contributed by atoms with E-state index in [1.807, 2.05) is 12.1 Å². The van der Waals surface area contributed by atoms with Crippen molar-refractivity contribution in [2.24, 2.45) is 0 Å². The molecule has 0 aromatic heterocycles. The van der Waals surface area contributed by atoms with E-state index in [0.29, 0.717) is 13.2 Å². The molecule has 2 aromatic rings. The van der Waals surface area contributed by atoms with Crippen molar-refractivity contribution in [1.82, 2.24) is 0 Å². The second kappa shape index (κ2) is 8.38. The minimum absolute atomic E-state index is 0.132. The molecule has 0 atom stereocenters. The Labute approximate surface area is 148 Å². The molecule has 4 heteroatoms. The average Bonchev–Trinajstić information content (AvgIpc) is 2.57. The van der Waals surface area contributed by atoms with Crippen molar-refractivity contribution in [3.8, 4) is 11.5 Å². The van der Waals surface area contributed by atoms with Crippen molar-refractivity contribution in [1.29, 1.82) is 0 Å². The van der Waals surface area contributed by atoms with Crippen LogP contribution in [-0.4, -0.2) is 24.3 Å². The zero-order valence-electron chi connectivity index (χ0n) is 14.9. The molecule has 0 aliphatic carbocycles. The van der Waals surface area contributed by atoms with E-state index in [1.165, 1.54) is 11.6 Å². The normalized spacial score (nSPS) is 11.5. The van der Waals surface area contributed by atoms with Gasteiger partial charge in [-0.05, 0) is 46.9 Å². The fraction of sp³-hybridized carbons (Fsp3) is 0.286. The molecule has 0 spiro atoms. The molecule has 4 nitrogen and oxygen atoms in total. The molecule has 0 saturated heterocycles. The monoisotopic (exact) mass is 340 g/mol. The number of carboxylic acid groups (broad SMARTS) is 1. The molecule has 0 aliphatic rings. The van der Waals surface area contributed by atoms with Gasteiger partial charge in [0.15, 0.2) is 0 Å². The Morgan fingerprint density at radius 3 is 1.84 bits per heavy atom. The van der Waals surface area contributed by atoms with Crippen molar-refractivity contribution < 1.29 is 19.4 Å². The van der Waals surface area contributed by atoms with Crippen LogP contribution in [0.4, 0.5) is 0 Å². The van der Waals surface area contributed by atoms with E-state index < -0.39 is 5.97 Å². The Hall–Kier alpha value is -2.75. The van der Waals surface area contributed by atoms with Crippen molar-refractivity contribution in [3.63, 3.8) is 0 Å². The molecule has 0 heterocycles. The van der Waals surface area contributed by atoms with Gasteiger partial charge in [-0.1, -0.05) is 45.0 Å². The van der Waals surface area contributed by atoms with Crippen LogP contribution in [0.15, 0.2) is 54.6 Å². The minimum Gasteiger partial charge on any atom is -0.490 e. The number of benzene rings is 2. The summed E-state index contributed by atoms with van der Waals surface area (Å²) in [4.78, 5) is 10.5. The lowest BCUT2D eigenvalue weighted by Gasteiger charge is -2.19. The maximum absolute atomic E-state index is 10.5. The molecule has 0 bridgehead atoms. The van der Waals surface area contributed by atoms with E-state index in [-0.39, 0.29) is 5.41 Å². The van der Waals surface area contributed by atoms with E-state index in [4.69, 9.17) is 14.6 Å². The zero-order chi connectivity index (χ0) is 18.3. The minimum atomic E-state index is -0.965. The lowest BCUT2D eigenvalue weighted by Crippen LogP contribution is -2.11. The third kappa shape index (κ3) is 6.34. The maximum Gasteiger partial charge on any atom is 0.328 e. The first-order chi connectivity index (χ1) is 11.8. The number of rotatable bonds is 7.